The van der Waals surface area contributed by atoms with E-state index in [1.54, 1.807) is 15.8 Å². The maximum absolute atomic E-state index is 14.1. The summed E-state index contributed by atoms with van der Waals surface area (Å²) in [5.41, 5.74) is 1.74. The first-order valence-electron chi connectivity index (χ1n) is 8.48. The van der Waals surface area contributed by atoms with Gasteiger partial charge in [0.1, 0.15) is 11.6 Å². The number of carbonyl (C=O) groups is 1. The van der Waals surface area contributed by atoms with Gasteiger partial charge in [-0.3, -0.25) is 9.48 Å². The molecule has 1 saturated heterocycles. The highest BCUT2D eigenvalue weighted by Crippen LogP contribution is 2.32. The molecule has 1 fully saturated rings. The SMILES string of the molecule is Cl.Cn1cc([C@H]2CNC[C@@H]2C(=O)N2CCc3c(F)ccc(F)c3C2)cn1. The van der Waals surface area contributed by atoms with Crippen molar-refractivity contribution in [1.82, 2.24) is 20.0 Å². The van der Waals surface area contributed by atoms with Gasteiger partial charge in [0.15, 0.2) is 0 Å². The van der Waals surface area contributed by atoms with Gasteiger partial charge in [-0.05, 0) is 29.7 Å². The van der Waals surface area contributed by atoms with E-state index >= 15 is 0 Å². The molecule has 5 nitrogen and oxygen atoms in total. The first kappa shape index (κ1) is 18.8. The molecule has 26 heavy (non-hydrogen) atoms. The molecule has 2 aliphatic rings. The quantitative estimate of drug-likeness (QED) is 0.864. The van der Waals surface area contributed by atoms with Crippen LogP contribution in [0.3, 0.4) is 0 Å². The Morgan fingerprint density at radius 1 is 1.23 bits per heavy atom. The number of nitrogens with one attached hydrogen (secondary N) is 1. The third-order valence-electron chi connectivity index (χ3n) is 5.29. The molecule has 3 heterocycles. The Hall–Kier alpha value is -1.99. The van der Waals surface area contributed by atoms with E-state index in [0.29, 0.717) is 30.6 Å². The van der Waals surface area contributed by atoms with Crippen molar-refractivity contribution >= 4 is 18.3 Å². The second kappa shape index (κ2) is 7.32. The van der Waals surface area contributed by atoms with E-state index in [-0.39, 0.29) is 42.5 Å². The molecule has 2 aliphatic heterocycles. The average molecular weight is 383 g/mol. The molecule has 140 valence electrons. The summed E-state index contributed by atoms with van der Waals surface area (Å²) in [4.78, 5) is 14.7. The predicted octanol–water partition coefficient (Wildman–Crippen LogP) is 2.01. The number of hydrogen-bond donors (Lipinski definition) is 1. The summed E-state index contributed by atoms with van der Waals surface area (Å²) in [5, 5.41) is 7.46. The average Bonchev–Trinajstić information content (AvgIpc) is 3.26. The highest BCUT2D eigenvalue weighted by molar-refractivity contribution is 5.85. The lowest BCUT2D eigenvalue weighted by atomic mass is 9.88. The van der Waals surface area contributed by atoms with Crippen LogP contribution in [-0.2, 0) is 24.8 Å². The van der Waals surface area contributed by atoms with Gasteiger partial charge in [0, 0.05) is 50.9 Å². The van der Waals surface area contributed by atoms with Gasteiger partial charge in [-0.1, -0.05) is 0 Å². The number of aromatic nitrogens is 2. The fraction of sp³-hybridized carbons (Fsp3) is 0.444. The lowest BCUT2D eigenvalue weighted by Gasteiger charge is -2.32. The molecule has 8 heteroatoms. The normalized spacial score (nSPS) is 22.0. The van der Waals surface area contributed by atoms with Crippen molar-refractivity contribution in [2.45, 2.75) is 18.9 Å². The number of aryl methyl sites for hydroxylation is 1. The van der Waals surface area contributed by atoms with Crippen molar-refractivity contribution in [1.29, 1.82) is 0 Å². The number of amides is 1. The zero-order valence-corrected chi connectivity index (χ0v) is 15.2. The Labute approximate surface area is 156 Å². The number of hydrogen-bond acceptors (Lipinski definition) is 3. The molecule has 1 aromatic heterocycles. The fourth-order valence-corrected chi connectivity index (χ4v) is 3.94. The second-order valence-electron chi connectivity index (χ2n) is 6.81. The number of carbonyl (C=O) groups excluding carboxylic acids is 1. The van der Waals surface area contributed by atoms with Gasteiger partial charge in [-0.15, -0.1) is 12.4 Å². The molecule has 0 unspecified atom stereocenters. The van der Waals surface area contributed by atoms with Crippen LogP contribution in [0, 0.1) is 17.6 Å². The molecule has 0 radical (unpaired) electrons. The van der Waals surface area contributed by atoms with Crippen molar-refractivity contribution in [2.75, 3.05) is 19.6 Å². The van der Waals surface area contributed by atoms with Crippen LogP contribution in [0.4, 0.5) is 8.78 Å². The van der Waals surface area contributed by atoms with E-state index in [1.165, 1.54) is 0 Å². The van der Waals surface area contributed by atoms with Crippen LogP contribution in [0.15, 0.2) is 24.5 Å². The van der Waals surface area contributed by atoms with Gasteiger partial charge in [0.2, 0.25) is 5.91 Å². The topological polar surface area (TPSA) is 50.2 Å². The van der Waals surface area contributed by atoms with Crippen LogP contribution < -0.4 is 5.32 Å². The zero-order valence-electron chi connectivity index (χ0n) is 14.4. The lowest BCUT2D eigenvalue weighted by molar-refractivity contribution is -0.136. The van der Waals surface area contributed by atoms with Crippen molar-refractivity contribution in [3.63, 3.8) is 0 Å². The van der Waals surface area contributed by atoms with Crippen LogP contribution in [0.5, 0.6) is 0 Å². The summed E-state index contributed by atoms with van der Waals surface area (Å²) in [6.45, 7) is 1.86. The number of rotatable bonds is 2. The number of benzene rings is 1. The van der Waals surface area contributed by atoms with Crippen LogP contribution in [0.1, 0.15) is 22.6 Å². The van der Waals surface area contributed by atoms with Gasteiger partial charge in [0.25, 0.3) is 0 Å². The molecular weight excluding hydrogens is 362 g/mol. The van der Waals surface area contributed by atoms with Crippen LogP contribution >= 0.6 is 12.4 Å². The molecule has 1 aromatic carbocycles. The summed E-state index contributed by atoms with van der Waals surface area (Å²) in [7, 11) is 1.85. The number of fused-ring (bicyclic) bond motifs is 1. The molecule has 0 aliphatic carbocycles. The van der Waals surface area contributed by atoms with E-state index in [9.17, 15) is 13.6 Å². The summed E-state index contributed by atoms with van der Waals surface area (Å²) in [5.74, 6) is -0.989. The molecule has 0 bridgehead atoms. The van der Waals surface area contributed by atoms with Crippen molar-refractivity contribution in [2.24, 2.45) is 13.0 Å². The van der Waals surface area contributed by atoms with Gasteiger partial charge in [0.05, 0.1) is 12.1 Å². The lowest BCUT2D eigenvalue weighted by Crippen LogP contribution is -2.42. The van der Waals surface area contributed by atoms with E-state index in [2.05, 4.69) is 10.4 Å². The fourth-order valence-electron chi connectivity index (χ4n) is 3.94. The first-order chi connectivity index (χ1) is 12.0. The summed E-state index contributed by atoms with van der Waals surface area (Å²) in [6.07, 6.45) is 4.07. The summed E-state index contributed by atoms with van der Waals surface area (Å²) >= 11 is 0. The van der Waals surface area contributed by atoms with Crippen LogP contribution in [0.25, 0.3) is 0 Å². The summed E-state index contributed by atoms with van der Waals surface area (Å²) in [6, 6.07) is 2.29. The largest absolute Gasteiger partial charge is 0.338 e. The Morgan fingerprint density at radius 2 is 1.96 bits per heavy atom. The zero-order chi connectivity index (χ0) is 17.6. The smallest absolute Gasteiger partial charge is 0.227 e. The van der Waals surface area contributed by atoms with E-state index < -0.39 is 5.82 Å². The van der Waals surface area contributed by atoms with E-state index in [4.69, 9.17) is 0 Å². The molecule has 0 spiro atoms. The van der Waals surface area contributed by atoms with Crippen molar-refractivity contribution < 1.29 is 13.6 Å². The number of halogens is 3. The first-order valence-corrected chi connectivity index (χ1v) is 8.48. The van der Waals surface area contributed by atoms with Gasteiger partial charge in [-0.2, -0.15) is 5.10 Å². The molecular formula is C18H21ClF2N4O. The second-order valence-corrected chi connectivity index (χ2v) is 6.81. The van der Waals surface area contributed by atoms with Crippen molar-refractivity contribution in [3.8, 4) is 0 Å². The molecule has 2 aromatic rings. The monoisotopic (exact) mass is 382 g/mol. The Kier molecular flexibility index (Phi) is 5.29. The van der Waals surface area contributed by atoms with Gasteiger partial charge in [-0.25, -0.2) is 8.78 Å². The van der Waals surface area contributed by atoms with Gasteiger partial charge < -0.3 is 10.2 Å². The van der Waals surface area contributed by atoms with E-state index in [0.717, 1.165) is 24.2 Å². The molecule has 1 amide bonds. The minimum Gasteiger partial charge on any atom is -0.338 e. The summed E-state index contributed by atoms with van der Waals surface area (Å²) < 4.78 is 29.7. The minimum atomic E-state index is -0.442. The minimum absolute atomic E-state index is 0. The molecule has 2 atom stereocenters. The highest BCUT2D eigenvalue weighted by Gasteiger charge is 2.38. The Bertz CT molecular complexity index is 826. The number of nitrogens with zero attached hydrogens (tertiary/aromatic N) is 3. The molecule has 0 saturated carbocycles. The third kappa shape index (κ3) is 3.21. The maximum Gasteiger partial charge on any atom is 0.227 e. The maximum atomic E-state index is 14.1. The molecule has 1 N–H and O–H groups in total. The van der Waals surface area contributed by atoms with Crippen LogP contribution in [0.2, 0.25) is 0 Å². The Morgan fingerprint density at radius 3 is 2.65 bits per heavy atom. The predicted molar refractivity (Wildman–Crippen MR) is 95.0 cm³/mol. The van der Waals surface area contributed by atoms with E-state index in [1.807, 2.05) is 13.2 Å². The van der Waals surface area contributed by atoms with Crippen LogP contribution in [-0.4, -0.2) is 40.2 Å². The molecule has 4 rings (SSSR count). The third-order valence-corrected chi connectivity index (χ3v) is 5.29. The van der Waals surface area contributed by atoms with Crippen molar-refractivity contribution in [3.05, 3.63) is 52.9 Å². The highest BCUT2D eigenvalue weighted by atomic mass is 35.5. The Balaban J connectivity index is 0.00000196. The standard InChI is InChI=1S/C18H20F2N4O.ClH/c1-23-9-11(6-22-23)13-7-21-8-14(13)18(25)24-5-4-12-15(10-24)17(20)3-2-16(12)19;/h2-3,6,9,13-14,21H,4-5,7-8,10H2,1H3;1H/t13-,14+;/m1./s1. The van der Waals surface area contributed by atoms with Gasteiger partial charge >= 0.3 is 0 Å².